The van der Waals surface area contributed by atoms with E-state index in [0.29, 0.717) is 6.10 Å². The highest BCUT2D eigenvalue weighted by molar-refractivity contribution is 9.10. The van der Waals surface area contributed by atoms with Gasteiger partial charge in [-0.2, -0.15) is 0 Å². The van der Waals surface area contributed by atoms with Crippen LogP contribution in [0.1, 0.15) is 44.2 Å². The third-order valence-corrected chi connectivity index (χ3v) is 4.98. The van der Waals surface area contributed by atoms with E-state index in [-0.39, 0.29) is 0 Å². The zero-order chi connectivity index (χ0) is 14.7. The Balaban J connectivity index is 2.16. The summed E-state index contributed by atoms with van der Waals surface area (Å²) in [6.07, 6.45) is 4.01. The SMILES string of the molecule is CNCc1cc(Br)cc(C)c1OC1CCC(C)C(C)C1. The van der Waals surface area contributed by atoms with Crippen molar-refractivity contribution < 1.29 is 4.74 Å². The van der Waals surface area contributed by atoms with Gasteiger partial charge in [-0.1, -0.05) is 29.8 Å². The minimum atomic E-state index is 0.372. The maximum Gasteiger partial charge on any atom is 0.127 e. The number of rotatable bonds is 4. The average molecular weight is 340 g/mol. The fraction of sp³-hybridized carbons (Fsp3) is 0.647. The minimum absolute atomic E-state index is 0.372. The third kappa shape index (κ3) is 3.76. The molecule has 1 fully saturated rings. The lowest BCUT2D eigenvalue weighted by Crippen LogP contribution is -2.29. The Hall–Kier alpha value is -0.540. The summed E-state index contributed by atoms with van der Waals surface area (Å²) in [6, 6.07) is 4.30. The molecule has 3 atom stereocenters. The first-order valence-corrected chi connectivity index (χ1v) is 8.40. The van der Waals surface area contributed by atoms with Gasteiger partial charge in [0.05, 0.1) is 6.10 Å². The zero-order valence-corrected chi connectivity index (χ0v) is 14.6. The maximum absolute atomic E-state index is 6.38. The van der Waals surface area contributed by atoms with Crippen LogP contribution in [-0.4, -0.2) is 13.2 Å². The van der Waals surface area contributed by atoms with Gasteiger partial charge in [0.15, 0.2) is 0 Å². The maximum atomic E-state index is 6.38. The molecule has 0 heterocycles. The summed E-state index contributed by atoms with van der Waals surface area (Å²) in [5, 5.41) is 3.23. The fourth-order valence-corrected chi connectivity index (χ4v) is 3.68. The normalized spacial score (nSPS) is 26.6. The Morgan fingerprint density at radius 3 is 2.65 bits per heavy atom. The highest BCUT2D eigenvalue weighted by Crippen LogP contribution is 2.35. The lowest BCUT2D eigenvalue weighted by Gasteiger charge is -2.33. The van der Waals surface area contributed by atoms with Gasteiger partial charge in [-0.15, -0.1) is 0 Å². The fourth-order valence-electron chi connectivity index (χ4n) is 3.06. The third-order valence-electron chi connectivity index (χ3n) is 4.52. The molecule has 2 nitrogen and oxygen atoms in total. The van der Waals surface area contributed by atoms with Crippen LogP contribution in [-0.2, 0) is 6.54 Å². The van der Waals surface area contributed by atoms with E-state index in [0.717, 1.165) is 28.6 Å². The average Bonchev–Trinajstić information content (AvgIpc) is 2.38. The Bertz CT molecular complexity index is 461. The van der Waals surface area contributed by atoms with Crippen molar-refractivity contribution in [2.45, 2.75) is 52.7 Å². The topological polar surface area (TPSA) is 21.3 Å². The van der Waals surface area contributed by atoms with Gasteiger partial charge < -0.3 is 10.1 Å². The number of halogens is 1. The number of nitrogens with one attached hydrogen (secondary N) is 1. The molecule has 3 unspecified atom stereocenters. The number of aryl methyl sites for hydroxylation is 1. The predicted octanol–water partition coefficient (Wildman–Crippen LogP) is 4.68. The summed E-state index contributed by atoms with van der Waals surface area (Å²) in [5.41, 5.74) is 2.46. The first-order valence-electron chi connectivity index (χ1n) is 7.61. The molecule has 0 aromatic heterocycles. The van der Waals surface area contributed by atoms with E-state index in [2.05, 4.69) is 54.2 Å². The molecule has 1 N–H and O–H groups in total. The summed E-state index contributed by atoms with van der Waals surface area (Å²) in [4.78, 5) is 0. The standard InChI is InChI=1S/C17H26BrNO/c1-11-5-6-16(8-12(11)2)20-17-13(3)7-15(18)9-14(17)10-19-4/h7,9,11-12,16,19H,5-6,8,10H2,1-4H3. The zero-order valence-electron chi connectivity index (χ0n) is 13.0. The first kappa shape index (κ1) is 15.8. The molecule has 112 valence electrons. The van der Waals surface area contributed by atoms with E-state index in [4.69, 9.17) is 4.74 Å². The van der Waals surface area contributed by atoms with Gasteiger partial charge in [0.1, 0.15) is 5.75 Å². The monoisotopic (exact) mass is 339 g/mol. The van der Waals surface area contributed by atoms with Crippen LogP contribution in [0.15, 0.2) is 16.6 Å². The van der Waals surface area contributed by atoms with Crippen LogP contribution >= 0.6 is 15.9 Å². The number of benzene rings is 1. The number of hydrogen-bond donors (Lipinski definition) is 1. The van der Waals surface area contributed by atoms with Crippen molar-refractivity contribution in [3.63, 3.8) is 0 Å². The van der Waals surface area contributed by atoms with Crippen LogP contribution in [0.5, 0.6) is 5.75 Å². The molecular weight excluding hydrogens is 314 g/mol. The molecule has 1 aliphatic rings. The number of hydrogen-bond acceptors (Lipinski definition) is 2. The van der Waals surface area contributed by atoms with Gasteiger partial charge in [0.2, 0.25) is 0 Å². The molecule has 1 aromatic rings. The molecule has 3 heteroatoms. The van der Waals surface area contributed by atoms with E-state index in [1.807, 2.05) is 7.05 Å². The highest BCUT2D eigenvalue weighted by Gasteiger charge is 2.26. The Kier molecular flexibility index (Phi) is 5.50. The molecule has 1 aliphatic carbocycles. The lowest BCUT2D eigenvalue weighted by molar-refractivity contribution is 0.0989. The van der Waals surface area contributed by atoms with Gasteiger partial charge in [0, 0.05) is 16.6 Å². The van der Waals surface area contributed by atoms with Gasteiger partial charge in [-0.3, -0.25) is 0 Å². The smallest absolute Gasteiger partial charge is 0.127 e. The van der Waals surface area contributed by atoms with Crippen LogP contribution in [0.3, 0.4) is 0 Å². The second-order valence-corrected chi connectivity index (χ2v) is 7.16. The Labute approximate surface area is 131 Å². The molecule has 0 saturated heterocycles. The molecule has 0 bridgehead atoms. The van der Waals surface area contributed by atoms with Crippen LogP contribution in [0, 0.1) is 18.8 Å². The van der Waals surface area contributed by atoms with Crippen molar-refractivity contribution in [1.82, 2.24) is 5.32 Å². The van der Waals surface area contributed by atoms with Crippen molar-refractivity contribution in [1.29, 1.82) is 0 Å². The molecule has 0 aliphatic heterocycles. The van der Waals surface area contributed by atoms with Gasteiger partial charge in [-0.05, 0) is 62.8 Å². The van der Waals surface area contributed by atoms with Gasteiger partial charge in [-0.25, -0.2) is 0 Å². The molecule has 20 heavy (non-hydrogen) atoms. The summed E-state index contributed by atoms with van der Waals surface area (Å²) < 4.78 is 7.51. The second kappa shape index (κ2) is 6.95. The summed E-state index contributed by atoms with van der Waals surface area (Å²) >= 11 is 3.58. The van der Waals surface area contributed by atoms with E-state index in [1.165, 1.54) is 30.4 Å². The van der Waals surface area contributed by atoms with Crippen LogP contribution in [0.25, 0.3) is 0 Å². The lowest BCUT2D eigenvalue weighted by atomic mass is 9.80. The Morgan fingerprint density at radius 1 is 1.25 bits per heavy atom. The number of ether oxygens (including phenoxy) is 1. The van der Waals surface area contributed by atoms with Crippen LogP contribution < -0.4 is 10.1 Å². The highest BCUT2D eigenvalue weighted by atomic mass is 79.9. The first-order chi connectivity index (χ1) is 9.51. The minimum Gasteiger partial charge on any atom is -0.490 e. The van der Waals surface area contributed by atoms with Crippen LogP contribution in [0.4, 0.5) is 0 Å². The molecule has 0 spiro atoms. The summed E-state index contributed by atoms with van der Waals surface area (Å²) in [7, 11) is 1.98. The predicted molar refractivity (Wildman–Crippen MR) is 88.2 cm³/mol. The molecule has 1 saturated carbocycles. The largest absolute Gasteiger partial charge is 0.490 e. The summed E-state index contributed by atoms with van der Waals surface area (Å²) in [5.74, 6) is 2.67. The van der Waals surface area contributed by atoms with E-state index < -0.39 is 0 Å². The molecule has 2 rings (SSSR count). The van der Waals surface area contributed by atoms with E-state index in [1.54, 1.807) is 0 Å². The van der Waals surface area contributed by atoms with Gasteiger partial charge >= 0.3 is 0 Å². The van der Waals surface area contributed by atoms with Gasteiger partial charge in [0.25, 0.3) is 0 Å². The molecule has 1 aromatic carbocycles. The molecule has 0 amide bonds. The van der Waals surface area contributed by atoms with E-state index >= 15 is 0 Å². The van der Waals surface area contributed by atoms with Crippen molar-refractivity contribution in [3.8, 4) is 5.75 Å². The van der Waals surface area contributed by atoms with Crippen LogP contribution in [0.2, 0.25) is 0 Å². The van der Waals surface area contributed by atoms with Crippen molar-refractivity contribution in [3.05, 3.63) is 27.7 Å². The molecule has 0 radical (unpaired) electrons. The van der Waals surface area contributed by atoms with Crippen molar-refractivity contribution in [2.24, 2.45) is 11.8 Å². The van der Waals surface area contributed by atoms with Crippen molar-refractivity contribution >= 4 is 15.9 Å². The van der Waals surface area contributed by atoms with E-state index in [9.17, 15) is 0 Å². The quantitative estimate of drug-likeness (QED) is 0.859. The van der Waals surface area contributed by atoms with Crippen molar-refractivity contribution in [2.75, 3.05) is 7.05 Å². The molecular formula is C17H26BrNO. The Morgan fingerprint density at radius 2 is 2.00 bits per heavy atom. The summed E-state index contributed by atoms with van der Waals surface area (Å²) in [6.45, 7) is 7.68. The second-order valence-electron chi connectivity index (χ2n) is 6.25.